The molecule has 1 fully saturated rings. The number of fused-ring (bicyclic) bond motifs is 1. The Kier molecular flexibility index (Phi) is 3.74. The van der Waals surface area contributed by atoms with Gasteiger partial charge in [0.25, 0.3) is 0 Å². The molecule has 0 unspecified atom stereocenters. The minimum atomic E-state index is 0.0356. The molecule has 3 heterocycles. The topological polar surface area (TPSA) is 42.4 Å². The number of carbonyl (C=O) groups excluding carboxylic acids is 1. The van der Waals surface area contributed by atoms with Crippen LogP contribution in [0.2, 0.25) is 0 Å². The molecule has 0 radical (unpaired) electrons. The molecule has 0 aliphatic carbocycles. The minimum absolute atomic E-state index is 0.0356. The summed E-state index contributed by atoms with van der Waals surface area (Å²) in [6, 6.07) is 12.1. The first kappa shape index (κ1) is 14.2. The van der Waals surface area contributed by atoms with Gasteiger partial charge in [0.15, 0.2) is 0 Å². The van der Waals surface area contributed by atoms with Crippen LogP contribution in [0.25, 0.3) is 0 Å². The number of nitrogens with zero attached hydrogens (tertiary/aromatic N) is 2. The van der Waals surface area contributed by atoms with Crippen molar-refractivity contribution in [1.82, 2.24) is 9.88 Å². The van der Waals surface area contributed by atoms with E-state index < -0.39 is 0 Å². The molecule has 0 bridgehead atoms. The summed E-state index contributed by atoms with van der Waals surface area (Å²) in [7, 11) is 0. The fraction of sp³-hybridized carbons (Fsp3) is 0.368. The quantitative estimate of drug-likeness (QED) is 0.856. The second kappa shape index (κ2) is 6.03. The highest BCUT2D eigenvalue weighted by Gasteiger charge is 2.36. The van der Waals surface area contributed by atoms with E-state index in [1.165, 1.54) is 5.56 Å². The van der Waals surface area contributed by atoms with Crippen LogP contribution < -0.4 is 4.74 Å². The van der Waals surface area contributed by atoms with E-state index in [0.717, 1.165) is 37.2 Å². The van der Waals surface area contributed by atoms with Crippen molar-refractivity contribution in [1.29, 1.82) is 0 Å². The maximum atomic E-state index is 12.8. The molecule has 0 saturated carbocycles. The molecule has 4 rings (SSSR count). The van der Waals surface area contributed by atoms with Crippen molar-refractivity contribution >= 4 is 5.91 Å². The largest absolute Gasteiger partial charge is 0.493 e. The highest BCUT2D eigenvalue weighted by atomic mass is 16.5. The highest BCUT2D eigenvalue weighted by Crippen LogP contribution is 2.32. The van der Waals surface area contributed by atoms with Crippen LogP contribution in [0.15, 0.2) is 48.8 Å². The summed E-state index contributed by atoms with van der Waals surface area (Å²) in [4.78, 5) is 18.9. The number of para-hydroxylation sites is 1. The number of hydrogen-bond donors (Lipinski definition) is 0. The molecule has 1 amide bonds. The SMILES string of the molecule is O=C([C@@H]1CCOc2ccccc2C1)N1CC(c2cccnc2)C1. The predicted molar refractivity (Wildman–Crippen MR) is 87.3 cm³/mol. The van der Waals surface area contributed by atoms with E-state index in [-0.39, 0.29) is 11.8 Å². The molecule has 118 valence electrons. The second-order valence-corrected chi connectivity index (χ2v) is 6.37. The first-order valence-electron chi connectivity index (χ1n) is 8.20. The molecular formula is C19H20N2O2. The van der Waals surface area contributed by atoms with Gasteiger partial charge in [-0.3, -0.25) is 9.78 Å². The number of aromatic nitrogens is 1. The van der Waals surface area contributed by atoms with Gasteiger partial charge in [-0.15, -0.1) is 0 Å². The van der Waals surface area contributed by atoms with Gasteiger partial charge >= 0.3 is 0 Å². The Hall–Kier alpha value is -2.36. The van der Waals surface area contributed by atoms with Crippen LogP contribution in [-0.2, 0) is 11.2 Å². The summed E-state index contributed by atoms with van der Waals surface area (Å²) in [6.07, 6.45) is 5.26. The number of amides is 1. The predicted octanol–water partition coefficient (Wildman–Crippen LogP) is 2.65. The van der Waals surface area contributed by atoms with Crippen molar-refractivity contribution in [2.75, 3.05) is 19.7 Å². The number of pyridine rings is 1. The van der Waals surface area contributed by atoms with E-state index in [9.17, 15) is 4.79 Å². The number of rotatable bonds is 2. The van der Waals surface area contributed by atoms with Crippen LogP contribution >= 0.6 is 0 Å². The van der Waals surface area contributed by atoms with E-state index >= 15 is 0 Å². The number of likely N-dealkylation sites (tertiary alicyclic amines) is 1. The van der Waals surface area contributed by atoms with Crippen molar-refractivity contribution in [2.24, 2.45) is 5.92 Å². The van der Waals surface area contributed by atoms with Crippen LogP contribution in [0.5, 0.6) is 5.75 Å². The fourth-order valence-corrected chi connectivity index (χ4v) is 3.45. The fourth-order valence-electron chi connectivity index (χ4n) is 3.45. The Labute approximate surface area is 136 Å². The van der Waals surface area contributed by atoms with Crippen LogP contribution in [0.1, 0.15) is 23.5 Å². The van der Waals surface area contributed by atoms with Crippen LogP contribution in [0, 0.1) is 5.92 Å². The second-order valence-electron chi connectivity index (χ2n) is 6.37. The highest BCUT2D eigenvalue weighted by molar-refractivity contribution is 5.80. The summed E-state index contributed by atoms with van der Waals surface area (Å²) in [5.74, 6) is 1.67. The lowest BCUT2D eigenvalue weighted by molar-refractivity contribution is -0.140. The summed E-state index contributed by atoms with van der Waals surface area (Å²) in [5.41, 5.74) is 2.37. The zero-order valence-electron chi connectivity index (χ0n) is 13.0. The third kappa shape index (κ3) is 2.81. The number of carbonyl (C=O) groups is 1. The number of benzene rings is 1. The molecular weight excluding hydrogens is 288 g/mol. The third-order valence-electron chi connectivity index (χ3n) is 4.86. The molecule has 2 aromatic rings. The van der Waals surface area contributed by atoms with E-state index in [0.29, 0.717) is 12.5 Å². The maximum Gasteiger partial charge on any atom is 0.226 e. The van der Waals surface area contributed by atoms with Gasteiger partial charge in [0.05, 0.1) is 6.61 Å². The van der Waals surface area contributed by atoms with Crippen molar-refractivity contribution in [3.63, 3.8) is 0 Å². The molecule has 4 nitrogen and oxygen atoms in total. The van der Waals surface area contributed by atoms with Gasteiger partial charge in [-0.25, -0.2) is 0 Å². The van der Waals surface area contributed by atoms with Gasteiger partial charge in [-0.2, -0.15) is 0 Å². The lowest BCUT2D eigenvalue weighted by atomic mass is 9.89. The molecule has 1 aromatic heterocycles. The van der Waals surface area contributed by atoms with E-state index in [1.54, 1.807) is 6.20 Å². The minimum Gasteiger partial charge on any atom is -0.493 e. The monoisotopic (exact) mass is 308 g/mol. The van der Waals surface area contributed by atoms with Crippen LogP contribution in [0.3, 0.4) is 0 Å². The molecule has 2 aliphatic rings. The molecule has 2 aliphatic heterocycles. The van der Waals surface area contributed by atoms with Gasteiger partial charge in [0, 0.05) is 37.3 Å². The Morgan fingerprint density at radius 3 is 2.87 bits per heavy atom. The summed E-state index contributed by atoms with van der Waals surface area (Å²) >= 11 is 0. The first-order chi connectivity index (χ1) is 11.3. The lowest BCUT2D eigenvalue weighted by Crippen LogP contribution is -2.51. The van der Waals surface area contributed by atoms with Gasteiger partial charge in [-0.05, 0) is 36.1 Å². The Morgan fingerprint density at radius 2 is 2.04 bits per heavy atom. The summed E-state index contributed by atoms with van der Waals surface area (Å²) in [6.45, 7) is 2.24. The van der Waals surface area contributed by atoms with Gasteiger partial charge in [0.2, 0.25) is 5.91 Å². The Balaban J connectivity index is 1.41. The molecule has 0 N–H and O–H groups in total. The zero-order chi connectivity index (χ0) is 15.6. The van der Waals surface area contributed by atoms with E-state index in [1.807, 2.05) is 35.4 Å². The van der Waals surface area contributed by atoms with E-state index in [4.69, 9.17) is 4.74 Å². The molecule has 0 spiro atoms. The van der Waals surface area contributed by atoms with Gasteiger partial charge in [-0.1, -0.05) is 24.3 Å². The van der Waals surface area contributed by atoms with Crippen molar-refractivity contribution < 1.29 is 9.53 Å². The average molecular weight is 308 g/mol. The molecule has 23 heavy (non-hydrogen) atoms. The van der Waals surface area contributed by atoms with Crippen LogP contribution in [0.4, 0.5) is 0 Å². The van der Waals surface area contributed by atoms with Crippen molar-refractivity contribution in [2.45, 2.75) is 18.8 Å². The molecule has 1 aromatic carbocycles. The Bertz CT molecular complexity index is 696. The third-order valence-corrected chi connectivity index (χ3v) is 4.86. The zero-order valence-corrected chi connectivity index (χ0v) is 13.0. The normalized spacial score (nSPS) is 20.9. The van der Waals surface area contributed by atoms with E-state index in [2.05, 4.69) is 17.1 Å². The average Bonchev–Trinajstić information content (AvgIpc) is 2.76. The Morgan fingerprint density at radius 1 is 1.17 bits per heavy atom. The maximum absolute atomic E-state index is 12.8. The number of ether oxygens (including phenoxy) is 1. The standard InChI is InChI=1S/C19H20N2O2/c22-19(21-12-17(13-21)16-5-3-8-20-11-16)15-7-9-23-18-6-2-1-4-14(18)10-15/h1-6,8,11,15,17H,7,9-10,12-13H2/t15-/m1/s1. The molecule has 1 atom stereocenters. The van der Waals surface area contributed by atoms with Crippen molar-refractivity contribution in [3.8, 4) is 5.75 Å². The summed E-state index contributed by atoms with van der Waals surface area (Å²) < 4.78 is 5.77. The van der Waals surface area contributed by atoms with Gasteiger partial charge in [0.1, 0.15) is 5.75 Å². The smallest absolute Gasteiger partial charge is 0.226 e. The van der Waals surface area contributed by atoms with Crippen molar-refractivity contribution in [3.05, 3.63) is 59.9 Å². The lowest BCUT2D eigenvalue weighted by Gasteiger charge is -2.41. The molecule has 1 saturated heterocycles. The van der Waals surface area contributed by atoms with Gasteiger partial charge < -0.3 is 9.64 Å². The first-order valence-corrected chi connectivity index (χ1v) is 8.20. The number of hydrogen-bond acceptors (Lipinski definition) is 3. The summed E-state index contributed by atoms with van der Waals surface area (Å²) in [5, 5.41) is 0. The van der Waals surface area contributed by atoms with Crippen LogP contribution in [-0.4, -0.2) is 35.5 Å². The molecule has 4 heteroatoms.